The van der Waals surface area contributed by atoms with Crippen molar-refractivity contribution in [1.29, 1.82) is 5.26 Å². The molecule has 0 bridgehead atoms. The van der Waals surface area contributed by atoms with Crippen LogP contribution in [-0.4, -0.2) is 27.2 Å². The Labute approximate surface area is 326 Å². The van der Waals surface area contributed by atoms with Crippen LogP contribution in [0.5, 0.6) is 0 Å². The van der Waals surface area contributed by atoms with Crippen LogP contribution in [0.15, 0.2) is 170 Å². The number of hydrogen-bond acceptors (Lipinski definition) is 3. The molecule has 0 aliphatic rings. The minimum atomic E-state index is -1.60. The van der Waals surface area contributed by atoms with Gasteiger partial charge in [-0.25, -0.2) is 9.97 Å². The van der Waals surface area contributed by atoms with Crippen molar-refractivity contribution in [1.82, 2.24) is 19.1 Å². The average Bonchev–Trinajstić information content (AvgIpc) is 3.76. The summed E-state index contributed by atoms with van der Waals surface area (Å²) in [6.07, 6.45) is 0. The van der Waals surface area contributed by atoms with Crippen LogP contribution in [0.4, 0.5) is 0 Å². The third-order valence-electron chi connectivity index (χ3n) is 10.9. The Morgan fingerprint density at radius 1 is 0.446 bits per heavy atom. The van der Waals surface area contributed by atoms with E-state index in [1.165, 1.54) is 43.3 Å². The number of nitrogens with zero attached hydrogens (tertiary/aromatic N) is 5. The summed E-state index contributed by atoms with van der Waals surface area (Å²) in [5.74, 6) is 0.632. The third kappa shape index (κ3) is 5.60. The molecule has 5 nitrogen and oxygen atoms in total. The predicted molar refractivity (Wildman–Crippen MR) is 235 cm³/mol. The van der Waals surface area contributed by atoms with Gasteiger partial charge in [0.1, 0.15) is 0 Å². The van der Waals surface area contributed by atoms with Gasteiger partial charge in [-0.1, -0.05) is 116 Å². The largest absolute Gasteiger partial charge is 0.309 e. The van der Waals surface area contributed by atoms with Gasteiger partial charge in [-0.05, 0) is 78.9 Å². The summed E-state index contributed by atoms with van der Waals surface area (Å²) in [6, 6.07) is 62.0. The first-order valence-corrected chi connectivity index (χ1v) is 22.5. The SMILES string of the molecule is C[Si](C)(C)c1ccc2c(c1)c1cc(-n3c4ccccc4c4ccccc43)ccc1n2-c1ccc(-c2nc(-c3ccccc3)cc(-c3cccc(C#N)c3)n2)cc1. The summed E-state index contributed by atoms with van der Waals surface area (Å²) in [5.41, 5.74) is 12.0. The number of nitriles is 1. The Morgan fingerprint density at radius 2 is 1.00 bits per heavy atom. The molecule has 266 valence electrons. The zero-order valence-electron chi connectivity index (χ0n) is 31.4. The van der Waals surface area contributed by atoms with E-state index in [1.807, 2.05) is 48.5 Å². The molecule has 0 saturated carbocycles. The molecule has 0 amide bonds. The molecular weight excluding hydrogens is 699 g/mol. The van der Waals surface area contributed by atoms with E-state index in [-0.39, 0.29) is 0 Å². The molecule has 0 aliphatic carbocycles. The van der Waals surface area contributed by atoms with Gasteiger partial charge in [0.25, 0.3) is 0 Å². The predicted octanol–water partition coefficient (Wildman–Crippen LogP) is 12.1. The van der Waals surface area contributed by atoms with E-state index in [0.717, 1.165) is 45.0 Å². The lowest BCUT2D eigenvalue weighted by Crippen LogP contribution is -2.37. The third-order valence-corrected chi connectivity index (χ3v) is 13.0. The Bertz CT molecular complexity index is 3130. The average molecular weight is 736 g/mol. The number of benzene rings is 7. The standard InChI is InChI=1S/C50H37N5Si/c1-56(2,3)39-25-27-49-43(30-39)42-29-38(55-46-18-9-7-16-40(46)41-17-8-10-19-47(41)55)24-26-48(42)54(49)37-22-20-35(21-23-37)50-52-44(34-13-5-4-6-14-34)31-45(53-50)36-15-11-12-33(28-36)32-51/h4-31H,1-3H3. The summed E-state index contributed by atoms with van der Waals surface area (Å²) in [6.45, 7) is 7.24. The smallest absolute Gasteiger partial charge is 0.160 e. The molecule has 0 unspecified atom stereocenters. The maximum Gasteiger partial charge on any atom is 0.160 e. The van der Waals surface area contributed by atoms with E-state index in [9.17, 15) is 5.26 Å². The minimum Gasteiger partial charge on any atom is -0.309 e. The Hall–Kier alpha value is -7.07. The highest BCUT2D eigenvalue weighted by Crippen LogP contribution is 2.37. The number of rotatable bonds is 6. The molecule has 10 rings (SSSR count). The topological polar surface area (TPSA) is 59.4 Å². The van der Waals surface area contributed by atoms with Crippen LogP contribution < -0.4 is 5.19 Å². The fraction of sp³-hybridized carbons (Fsp3) is 0.0600. The second-order valence-corrected chi connectivity index (χ2v) is 20.5. The van der Waals surface area contributed by atoms with Crippen LogP contribution in [0.2, 0.25) is 19.6 Å². The van der Waals surface area contributed by atoms with Crippen LogP contribution in [0.1, 0.15) is 5.56 Å². The minimum absolute atomic E-state index is 0.596. The van der Waals surface area contributed by atoms with Gasteiger partial charge < -0.3 is 9.13 Å². The summed E-state index contributed by atoms with van der Waals surface area (Å²) < 4.78 is 4.79. The summed E-state index contributed by atoms with van der Waals surface area (Å²) in [4.78, 5) is 10.1. The fourth-order valence-electron chi connectivity index (χ4n) is 8.08. The van der Waals surface area contributed by atoms with Crippen LogP contribution in [-0.2, 0) is 0 Å². The molecule has 0 fully saturated rings. The molecule has 0 atom stereocenters. The van der Waals surface area contributed by atoms with Crippen LogP contribution >= 0.6 is 0 Å². The monoisotopic (exact) mass is 735 g/mol. The number of aromatic nitrogens is 4. The molecule has 3 aromatic heterocycles. The Morgan fingerprint density at radius 3 is 1.68 bits per heavy atom. The summed E-state index contributed by atoms with van der Waals surface area (Å²) in [7, 11) is -1.60. The molecule has 10 aromatic rings. The zero-order valence-corrected chi connectivity index (χ0v) is 32.4. The number of fused-ring (bicyclic) bond motifs is 6. The van der Waals surface area contributed by atoms with Gasteiger partial charge in [-0.15, -0.1) is 0 Å². The maximum absolute atomic E-state index is 9.61. The molecule has 3 heterocycles. The van der Waals surface area contributed by atoms with Gasteiger partial charge in [-0.3, -0.25) is 0 Å². The molecule has 7 aromatic carbocycles. The van der Waals surface area contributed by atoms with E-state index in [2.05, 4.69) is 156 Å². The zero-order chi connectivity index (χ0) is 38.0. The molecule has 0 spiro atoms. The van der Waals surface area contributed by atoms with Crippen molar-refractivity contribution in [3.05, 3.63) is 175 Å². The van der Waals surface area contributed by atoms with Gasteiger partial charge >= 0.3 is 0 Å². The first-order valence-electron chi connectivity index (χ1n) is 19.0. The van der Waals surface area contributed by atoms with Crippen LogP contribution in [0.25, 0.3) is 88.9 Å². The lowest BCUT2D eigenvalue weighted by molar-refractivity contribution is 1.16. The maximum atomic E-state index is 9.61. The second kappa shape index (κ2) is 13.1. The molecule has 0 radical (unpaired) electrons. The van der Waals surface area contributed by atoms with Crippen molar-refractivity contribution in [3.8, 4) is 51.3 Å². The number of hydrogen-bond donors (Lipinski definition) is 0. The Balaban J connectivity index is 1.14. The van der Waals surface area contributed by atoms with Crippen LogP contribution in [0.3, 0.4) is 0 Å². The Kier molecular flexibility index (Phi) is 7.81. The lowest BCUT2D eigenvalue weighted by Gasteiger charge is -2.17. The van der Waals surface area contributed by atoms with Crippen LogP contribution in [0, 0.1) is 11.3 Å². The second-order valence-electron chi connectivity index (χ2n) is 15.5. The molecule has 6 heteroatoms. The van der Waals surface area contributed by atoms with Crippen molar-refractivity contribution < 1.29 is 0 Å². The van der Waals surface area contributed by atoms with E-state index in [4.69, 9.17) is 9.97 Å². The normalized spacial score (nSPS) is 11.8. The highest BCUT2D eigenvalue weighted by molar-refractivity contribution is 6.88. The van der Waals surface area contributed by atoms with Crippen molar-refractivity contribution in [3.63, 3.8) is 0 Å². The van der Waals surface area contributed by atoms with Gasteiger partial charge in [-0.2, -0.15) is 5.26 Å². The van der Waals surface area contributed by atoms with E-state index < -0.39 is 8.07 Å². The van der Waals surface area contributed by atoms with E-state index >= 15 is 0 Å². The molecule has 0 saturated heterocycles. The van der Waals surface area contributed by atoms with Gasteiger partial charge in [0.05, 0.1) is 53.2 Å². The quantitative estimate of drug-likeness (QED) is 0.160. The van der Waals surface area contributed by atoms with Crippen molar-refractivity contribution in [2.24, 2.45) is 0 Å². The highest BCUT2D eigenvalue weighted by atomic mass is 28.3. The van der Waals surface area contributed by atoms with Gasteiger partial charge in [0.15, 0.2) is 5.82 Å². The van der Waals surface area contributed by atoms with Crippen molar-refractivity contribution >= 4 is 56.9 Å². The highest BCUT2D eigenvalue weighted by Gasteiger charge is 2.21. The van der Waals surface area contributed by atoms with Gasteiger partial charge in [0, 0.05) is 49.6 Å². The fourth-order valence-corrected chi connectivity index (χ4v) is 9.25. The molecule has 0 N–H and O–H groups in total. The van der Waals surface area contributed by atoms with E-state index in [1.54, 1.807) is 0 Å². The first kappa shape index (κ1) is 33.5. The summed E-state index contributed by atoms with van der Waals surface area (Å²) >= 11 is 0. The van der Waals surface area contributed by atoms with Crippen molar-refractivity contribution in [2.75, 3.05) is 0 Å². The van der Waals surface area contributed by atoms with E-state index in [0.29, 0.717) is 11.4 Å². The first-order chi connectivity index (χ1) is 27.3. The molecular formula is C50H37N5Si. The number of para-hydroxylation sites is 2. The van der Waals surface area contributed by atoms with Crippen molar-refractivity contribution in [2.45, 2.75) is 19.6 Å². The summed E-state index contributed by atoms with van der Waals surface area (Å²) in [5, 5.41) is 16.0. The molecule has 0 aliphatic heterocycles. The molecule has 56 heavy (non-hydrogen) atoms. The van der Waals surface area contributed by atoms with Gasteiger partial charge in [0.2, 0.25) is 0 Å². The lowest BCUT2D eigenvalue weighted by atomic mass is 10.0.